The number of aryl methyl sites for hydroxylation is 1. The largest absolute Gasteiger partial charge is 0.494 e. The lowest BCUT2D eigenvalue weighted by Crippen LogP contribution is -2.03. The lowest BCUT2D eigenvalue weighted by molar-refractivity contribution is -0.147. The number of carboxylic acid groups (broad SMARTS) is 3. The molecule has 0 heterocycles. The number of benzene rings is 1. The number of aliphatic carboxylic acids is 3. The van der Waals surface area contributed by atoms with E-state index in [4.69, 9.17) is 20.1 Å². The summed E-state index contributed by atoms with van der Waals surface area (Å²) < 4.78 is 17.8. The number of carbonyl (C=O) groups is 3. The Labute approximate surface area is 119 Å². The molecule has 0 unspecified atom stereocenters. The van der Waals surface area contributed by atoms with Crippen molar-refractivity contribution in [3.8, 4) is 5.75 Å². The van der Waals surface area contributed by atoms with Crippen molar-refractivity contribution >= 4 is 17.9 Å². The van der Waals surface area contributed by atoms with Crippen molar-refractivity contribution in [1.82, 2.24) is 0 Å². The van der Waals surface area contributed by atoms with Gasteiger partial charge in [0.05, 0.1) is 7.11 Å². The third-order valence-corrected chi connectivity index (χ3v) is 2.15. The number of methoxy groups -OCH3 is 1. The van der Waals surface area contributed by atoms with Crippen LogP contribution >= 0.6 is 0 Å². The summed E-state index contributed by atoms with van der Waals surface area (Å²) in [5, 5.41) is 23.8. The second kappa shape index (κ2) is 9.29. The first-order valence-corrected chi connectivity index (χ1v) is 5.74. The molecule has 0 aliphatic rings. The van der Waals surface area contributed by atoms with Crippen LogP contribution in [0.5, 0.6) is 5.75 Å². The van der Waals surface area contributed by atoms with Gasteiger partial charge in [-0.2, -0.15) is 0 Å². The number of carboxylic acids is 3. The van der Waals surface area contributed by atoms with E-state index in [1.807, 2.05) is 0 Å². The van der Waals surface area contributed by atoms with Gasteiger partial charge in [-0.25, -0.2) is 4.39 Å². The van der Waals surface area contributed by atoms with Crippen molar-refractivity contribution < 1.29 is 38.8 Å². The van der Waals surface area contributed by atoms with Crippen LogP contribution in [0.1, 0.15) is 18.4 Å². The van der Waals surface area contributed by atoms with Crippen LogP contribution < -0.4 is 4.74 Å². The van der Waals surface area contributed by atoms with Crippen LogP contribution in [-0.2, 0) is 20.8 Å². The van der Waals surface area contributed by atoms with E-state index in [1.54, 1.807) is 6.07 Å². The second-order valence-electron chi connectivity index (χ2n) is 3.83. The average molecular weight is 302 g/mol. The highest BCUT2D eigenvalue weighted by atomic mass is 19.1. The van der Waals surface area contributed by atoms with Gasteiger partial charge in [-0.05, 0) is 24.1 Å². The third kappa shape index (κ3) is 8.98. The Balaban J connectivity index is 0.000000486. The van der Waals surface area contributed by atoms with Crippen LogP contribution in [-0.4, -0.2) is 40.3 Å². The summed E-state index contributed by atoms with van der Waals surface area (Å²) in [6.45, 7) is 0. The van der Waals surface area contributed by atoms with Gasteiger partial charge in [-0.1, -0.05) is 6.07 Å². The molecule has 1 aromatic rings. The molecular formula is C13H15FO7. The maximum atomic E-state index is 13.1. The first-order chi connectivity index (χ1) is 9.76. The SMILES string of the molecule is COc1ccc(CCC(=O)O)cc1F.O=C(O)CC(=O)O. The molecule has 0 amide bonds. The van der Waals surface area contributed by atoms with Gasteiger partial charge < -0.3 is 20.1 Å². The fourth-order valence-corrected chi connectivity index (χ4v) is 1.25. The summed E-state index contributed by atoms with van der Waals surface area (Å²) in [5.74, 6) is -3.80. The molecule has 1 aromatic carbocycles. The third-order valence-electron chi connectivity index (χ3n) is 2.15. The zero-order valence-corrected chi connectivity index (χ0v) is 11.2. The molecule has 0 aliphatic carbocycles. The molecule has 0 aromatic heterocycles. The number of rotatable bonds is 6. The maximum Gasteiger partial charge on any atom is 0.314 e. The molecule has 0 saturated carbocycles. The fourth-order valence-electron chi connectivity index (χ4n) is 1.25. The van der Waals surface area contributed by atoms with E-state index in [2.05, 4.69) is 0 Å². The predicted molar refractivity (Wildman–Crippen MR) is 68.8 cm³/mol. The van der Waals surface area contributed by atoms with Crippen molar-refractivity contribution in [3.05, 3.63) is 29.6 Å². The molecule has 21 heavy (non-hydrogen) atoms. The highest BCUT2D eigenvalue weighted by Gasteiger charge is 2.04. The molecule has 0 radical (unpaired) electrons. The summed E-state index contributed by atoms with van der Waals surface area (Å²) in [6.07, 6.45) is -0.470. The van der Waals surface area contributed by atoms with E-state index >= 15 is 0 Å². The minimum absolute atomic E-state index is 0.00572. The van der Waals surface area contributed by atoms with Crippen molar-refractivity contribution in [2.75, 3.05) is 7.11 Å². The Morgan fingerprint density at radius 1 is 1.10 bits per heavy atom. The van der Waals surface area contributed by atoms with Crippen LogP contribution in [0.4, 0.5) is 4.39 Å². The van der Waals surface area contributed by atoms with Gasteiger partial charge >= 0.3 is 17.9 Å². The number of hydrogen-bond acceptors (Lipinski definition) is 4. The number of hydrogen-bond donors (Lipinski definition) is 3. The van der Waals surface area contributed by atoms with Gasteiger partial charge in [-0.3, -0.25) is 14.4 Å². The first kappa shape index (κ1) is 18.4. The van der Waals surface area contributed by atoms with Gasteiger partial charge in [0.15, 0.2) is 11.6 Å². The Morgan fingerprint density at radius 2 is 1.67 bits per heavy atom. The van der Waals surface area contributed by atoms with E-state index in [9.17, 15) is 18.8 Å². The van der Waals surface area contributed by atoms with Crippen LogP contribution in [0.2, 0.25) is 0 Å². The van der Waals surface area contributed by atoms with Crippen molar-refractivity contribution in [2.24, 2.45) is 0 Å². The number of halogens is 1. The molecule has 0 saturated heterocycles. The van der Waals surface area contributed by atoms with Gasteiger partial charge in [0.2, 0.25) is 0 Å². The summed E-state index contributed by atoms with van der Waals surface area (Å²) in [7, 11) is 1.38. The van der Waals surface area contributed by atoms with Crippen LogP contribution in [0, 0.1) is 5.82 Å². The van der Waals surface area contributed by atoms with Crippen LogP contribution in [0.3, 0.4) is 0 Å². The standard InChI is InChI=1S/C10H11FO3.C3H4O4/c1-14-9-4-2-7(6-8(9)11)3-5-10(12)13;4-2(5)1-3(6)7/h2,4,6H,3,5H2,1H3,(H,12,13);1H2,(H,4,5)(H,6,7). The van der Waals surface area contributed by atoms with Gasteiger partial charge in [0, 0.05) is 6.42 Å². The molecule has 0 bridgehead atoms. The lowest BCUT2D eigenvalue weighted by Gasteiger charge is -2.03. The summed E-state index contributed by atoms with van der Waals surface area (Å²) in [4.78, 5) is 29.1. The smallest absolute Gasteiger partial charge is 0.314 e. The molecule has 0 fully saturated rings. The summed E-state index contributed by atoms with van der Waals surface area (Å²) in [6, 6.07) is 4.44. The van der Waals surface area contributed by atoms with E-state index in [0.29, 0.717) is 12.0 Å². The minimum Gasteiger partial charge on any atom is -0.494 e. The van der Waals surface area contributed by atoms with Gasteiger partial charge in [-0.15, -0.1) is 0 Å². The topological polar surface area (TPSA) is 121 Å². The van der Waals surface area contributed by atoms with Crippen LogP contribution in [0.25, 0.3) is 0 Å². The van der Waals surface area contributed by atoms with Crippen molar-refractivity contribution in [3.63, 3.8) is 0 Å². The summed E-state index contributed by atoms with van der Waals surface area (Å²) in [5.41, 5.74) is 0.658. The molecule has 0 aliphatic heterocycles. The molecule has 3 N–H and O–H groups in total. The minimum atomic E-state index is -1.31. The van der Waals surface area contributed by atoms with Crippen molar-refractivity contribution in [2.45, 2.75) is 19.3 Å². The van der Waals surface area contributed by atoms with E-state index < -0.39 is 30.1 Å². The molecule has 1 rings (SSSR count). The Bertz CT molecular complexity index is 501. The average Bonchev–Trinajstić information content (AvgIpc) is 2.35. The number of ether oxygens (including phenoxy) is 1. The van der Waals surface area contributed by atoms with E-state index in [-0.39, 0.29) is 12.2 Å². The Kier molecular flexibility index (Phi) is 8.13. The van der Waals surface area contributed by atoms with Gasteiger partial charge in [0.25, 0.3) is 0 Å². The zero-order chi connectivity index (χ0) is 16.4. The quantitative estimate of drug-likeness (QED) is 0.679. The fraction of sp³-hybridized carbons (Fsp3) is 0.308. The Morgan fingerprint density at radius 3 is 2.00 bits per heavy atom. The zero-order valence-electron chi connectivity index (χ0n) is 11.2. The predicted octanol–water partition coefficient (Wildman–Crippen LogP) is 1.40. The molecule has 0 spiro atoms. The van der Waals surface area contributed by atoms with Crippen molar-refractivity contribution in [1.29, 1.82) is 0 Å². The molecule has 116 valence electrons. The highest BCUT2D eigenvalue weighted by molar-refractivity contribution is 5.88. The maximum absolute atomic E-state index is 13.1. The molecule has 8 heteroatoms. The lowest BCUT2D eigenvalue weighted by atomic mass is 10.1. The van der Waals surface area contributed by atoms with E-state index in [0.717, 1.165) is 0 Å². The van der Waals surface area contributed by atoms with Gasteiger partial charge in [0.1, 0.15) is 6.42 Å². The van der Waals surface area contributed by atoms with E-state index in [1.165, 1.54) is 19.2 Å². The summed E-state index contributed by atoms with van der Waals surface area (Å²) >= 11 is 0. The van der Waals surface area contributed by atoms with Crippen LogP contribution in [0.15, 0.2) is 18.2 Å². The second-order valence-corrected chi connectivity index (χ2v) is 3.83. The molecular weight excluding hydrogens is 287 g/mol. The molecule has 7 nitrogen and oxygen atoms in total. The highest BCUT2D eigenvalue weighted by Crippen LogP contribution is 2.18. The molecule has 0 atom stereocenters. The first-order valence-electron chi connectivity index (χ1n) is 5.74. The Hall–Kier alpha value is -2.64. The normalized spacial score (nSPS) is 9.24. The monoisotopic (exact) mass is 302 g/mol.